The minimum Gasteiger partial charge on any atom is -0.292 e. The Kier molecular flexibility index (Phi) is 4.47. The molecule has 9 nitrogen and oxygen atoms in total. The number of nitro groups is 1. The summed E-state index contributed by atoms with van der Waals surface area (Å²) in [6, 6.07) is 12.9. The highest BCUT2D eigenvalue weighted by Gasteiger charge is 2.15. The summed E-state index contributed by atoms with van der Waals surface area (Å²) in [4.78, 5) is 39.8. The molecule has 0 saturated carbocycles. The first-order valence-electron chi connectivity index (χ1n) is 8.72. The maximum absolute atomic E-state index is 12.8. The molecule has 0 aliphatic rings. The van der Waals surface area contributed by atoms with Gasteiger partial charge >= 0.3 is 0 Å². The van der Waals surface area contributed by atoms with Crippen LogP contribution in [-0.2, 0) is 6.54 Å². The molecule has 0 saturated heterocycles. The number of ketones is 1. The van der Waals surface area contributed by atoms with Crippen LogP contribution in [0.5, 0.6) is 0 Å². The van der Waals surface area contributed by atoms with E-state index in [-0.39, 0.29) is 29.0 Å². The van der Waals surface area contributed by atoms with E-state index in [0.29, 0.717) is 16.9 Å². The monoisotopic (exact) mass is 389 g/mol. The van der Waals surface area contributed by atoms with Gasteiger partial charge in [-0.15, -0.1) is 0 Å². The van der Waals surface area contributed by atoms with Gasteiger partial charge in [0.15, 0.2) is 11.4 Å². The van der Waals surface area contributed by atoms with Gasteiger partial charge in [0.2, 0.25) is 0 Å². The smallest absolute Gasteiger partial charge is 0.269 e. The Hall–Kier alpha value is -4.14. The Morgan fingerprint density at radius 1 is 1.10 bits per heavy atom. The number of aryl methyl sites for hydroxylation is 1. The Morgan fingerprint density at radius 2 is 1.79 bits per heavy atom. The van der Waals surface area contributed by atoms with Crippen molar-refractivity contribution in [1.29, 1.82) is 0 Å². The van der Waals surface area contributed by atoms with Crippen molar-refractivity contribution in [2.24, 2.45) is 0 Å². The Labute approximate surface area is 164 Å². The quantitative estimate of drug-likeness (QED) is 0.295. The van der Waals surface area contributed by atoms with Gasteiger partial charge in [0.05, 0.1) is 23.4 Å². The topological polar surface area (TPSA) is 113 Å². The SMILES string of the molecule is Cc1ccc(C(=O)Cn2cnc3c(cnn3-c3ccc([N+](=O)[O-])cc3)c2=O)cc1. The van der Waals surface area contributed by atoms with Crippen molar-refractivity contribution in [1.82, 2.24) is 19.3 Å². The lowest BCUT2D eigenvalue weighted by molar-refractivity contribution is -0.384. The molecule has 4 rings (SSSR count). The number of nitro benzene ring substituents is 1. The predicted molar refractivity (Wildman–Crippen MR) is 105 cm³/mol. The van der Waals surface area contributed by atoms with Gasteiger partial charge < -0.3 is 0 Å². The van der Waals surface area contributed by atoms with Gasteiger partial charge in [-0.3, -0.25) is 24.3 Å². The minimum absolute atomic E-state index is 0.0462. The Bertz CT molecular complexity index is 1290. The van der Waals surface area contributed by atoms with Crippen LogP contribution in [0, 0.1) is 17.0 Å². The first-order valence-corrected chi connectivity index (χ1v) is 8.72. The Balaban J connectivity index is 1.67. The highest BCUT2D eigenvalue weighted by atomic mass is 16.6. The summed E-state index contributed by atoms with van der Waals surface area (Å²) in [5.74, 6) is -0.198. The fourth-order valence-electron chi connectivity index (χ4n) is 2.95. The summed E-state index contributed by atoms with van der Waals surface area (Å²) in [5, 5.41) is 15.2. The fraction of sp³-hybridized carbons (Fsp3) is 0.100. The average Bonchev–Trinajstić information content (AvgIpc) is 3.15. The minimum atomic E-state index is -0.493. The molecule has 0 fully saturated rings. The van der Waals surface area contributed by atoms with Gasteiger partial charge in [0, 0.05) is 17.7 Å². The molecule has 0 amide bonds. The normalized spacial score (nSPS) is 10.9. The lowest BCUT2D eigenvalue weighted by Crippen LogP contribution is -2.24. The van der Waals surface area contributed by atoms with E-state index in [0.717, 1.165) is 5.56 Å². The van der Waals surface area contributed by atoms with Crippen LogP contribution in [0.3, 0.4) is 0 Å². The highest BCUT2D eigenvalue weighted by Crippen LogP contribution is 2.17. The first-order chi connectivity index (χ1) is 13.9. The summed E-state index contributed by atoms with van der Waals surface area (Å²) in [7, 11) is 0. The molecule has 0 aliphatic carbocycles. The fourth-order valence-corrected chi connectivity index (χ4v) is 2.95. The largest absolute Gasteiger partial charge is 0.292 e. The van der Waals surface area contributed by atoms with Crippen LogP contribution in [0.25, 0.3) is 16.7 Å². The van der Waals surface area contributed by atoms with E-state index in [1.54, 1.807) is 12.1 Å². The van der Waals surface area contributed by atoms with E-state index in [9.17, 15) is 19.7 Å². The number of nitrogens with zero attached hydrogens (tertiary/aromatic N) is 5. The zero-order valence-corrected chi connectivity index (χ0v) is 15.3. The van der Waals surface area contributed by atoms with E-state index in [2.05, 4.69) is 10.1 Å². The summed E-state index contributed by atoms with van der Waals surface area (Å²) >= 11 is 0. The molecule has 4 aromatic rings. The van der Waals surface area contributed by atoms with E-state index in [4.69, 9.17) is 0 Å². The number of hydrogen-bond acceptors (Lipinski definition) is 6. The number of rotatable bonds is 5. The average molecular weight is 389 g/mol. The van der Waals surface area contributed by atoms with E-state index < -0.39 is 4.92 Å². The molecule has 0 bridgehead atoms. The second kappa shape index (κ2) is 7.12. The van der Waals surface area contributed by atoms with Gasteiger partial charge in [-0.25, -0.2) is 9.67 Å². The summed E-state index contributed by atoms with van der Waals surface area (Å²) in [5.41, 5.74) is 1.97. The lowest BCUT2D eigenvalue weighted by Gasteiger charge is -2.06. The highest BCUT2D eigenvalue weighted by molar-refractivity contribution is 5.96. The van der Waals surface area contributed by atoms with Crippen molar-refractivity contribution in [3.8, 4) is 5.69 Å². The molecule has 9 heteroatoms. The maximum atomic E-state index is 12.8. The zero-order chi connectivity index (χ0) is 20.5. The molecule has 0 N–H and O–H groups in total. The van der Waals surface area contributed by atoms with Gasteiger partial charge in [0.1, 0.15) is 11.7 Å². The van der Waals surface area contributed by atoms with Crippen LogP contribution in [0.4, 0.5) is 5.69 Å². The lowest BCUT2D eigenvalue weighted by atomic mass is 10.1. The number of benzene rings is 2. The summed E-state index contributed by atoms with van der Waals surface area (Å²) in [6.07, 6.45) is 2.68. The van der Waals surface area contributed by atoms with E-state index in [1.807, 2.05) is 19.1 Å². The van der Waals surface area contributed by atoms with Crippen LogP contribution in [0.15, 0.2) is 65.8 Å². The van der Waals surface area contributed by atoms with Crippen molar-refractivity contribution >= 4 is 22.5 Å². The number of fused-ring (bicyclic) bond motifs is 1. The molecule has 0 spiro atoms. The van der Waals surface area contributed by atoms with Gasteiger partial charge in [-0.1, -0.05) is 29.8 Å². The number of Topliss-reactive ketones (excluding diaryl/α,β-unsaturated/α-hetero) is 1. The van der Waals surface area contributed by atoms with Gasteiger partial charge in [-0.2, -0.15) is 5.10 Å². The Morgan fingerprint density at radius 3 is 2.45 bits per heavy atom. The third-order valence-electron chi connectivity index (χ3n) is 4.55. The molecule has 0 unspecified atom stereocenters. The number of hydrogen-bond donors (Lipinski definition) is 0. The van der Waals surface area contributed by atoms with Crippen LogP contribution in [-0.4, -0.2) is 30.0 Å². The van der Waals surface area contributed by atoms with Gasteiger partial charge in [-0.05, 0) is 19.1 Å². The van der Waals surface area contributed by atoms with E-state index in [1.165, 1.54) is 46.0 Å². The van der Waals surface area contributed by atoms with E-state index >= 15 is 0 Å². The second-order valence-electron chi connectivity index (χ2n) is 6.53. The van der Waals surface area contributed by atoms with Crippen LogP contribution in [0.2, 0.25) is 0 Å². The molecule has 29 heavy (non-hydrogen) atoms. The third kappa shape index (κ3) is 3.41. The number of aromatic nitrogens is 4. The number of carbonyl (C=O) groups is 1. The molecule has 0 atom stereocenters. The van der Waals surface area contributed by atoms with Crippen LogP contribution < -0.4 is 5.56 Å². The molecular weight excluding hydrogens is 374 g/mol. The summed E-state index contributed by atoms with van der Waals surface area (Å²) in [6.45, 7) is 1.80. The van der Waals surface area contributed by atoms with Crippen molar-refractivity contribution in [3.05, 3.63) is 92.7 Å². The van der Waals surface area contributed by atoms with Crippen LogP contribution in [0.1, 0.15) is 15.9 Å². The summed E-state index contributed by atoms with van der Waals surface area (Å²) < 4.78 is 2.67. The van der Waals surface area contributed by atoms with Crippen molar-refractivity contribution in [3.63, 3.8) is 0 Å². The molecule has 2 heterocycles. The predicted octanol–water partition coefficient (Wildman–Crippen LogP) is 2.68. The van der Waals surface area contributed by atoms with Crippen molar-refractivity contribution in [2.75, 3.05) is 0 Å². The molecular formula is C20H15N5O4. The number of non-ortho nitro benzene ring substituents is 1. The molecule has 144 valence electrons. The standard InChI is InChI=1S/C20H15N5O4/c1-13-2-4-14(5-3-13)18(26)11-23-12-21-19-17(20(23)27)10-22-24(19)15-6-8-16(9-7-15)25(28)29/h2-10,12H,11H2,1H3. The first kappa shape index (κ1) is 18.2. The van der Waals surface area contributed by atoms with Crippen LogP contribution >= 0.6 is 0 Å². The number of carbonyl (C=O) groups excluding carboxylic acids is 1. The third-order valence-corrected chi connectivity index (χ3v) is 4.55. The molecule has 0 radical (unpaired) electrons. The second-order valence-corrected chi connectivity index (χ2v) is 6.53. The van der Waals surface area contributed by atoms with Gasteiger partial charge in [0.25, 0.3) is 11.2 Å². The maximum Gasteiger partial charge on any atom is 0.269 e. The zero-order valence-electron chi connectivity index (χ0n) is 15.3. The van der Waals surface area contributed by atoms with Crippen molar-refractivity contribution in [2.45, 2.75) is 13.5 Å². The van der Waals surface area contributed by atoms with Crippen molar-refractivity contribution < 1.29 is 9.72 Å². The molecule has 2 aromatic carbocycles. The molecule has 2 aromatic heterocycles. The molecule has 0 aliphatic heterocycles.